The number of nitrogens with zero attached hydrogens (tertiary/aromatic N) is 1. The van der Waals surface area contributed by atoms with Crippen LogP contribution in [0.1, 0.15) is 22.5 Å². The van der Waals surface area contributed by atoms with Crippen LogP contribution in [0.4, 0.5) is 17.1 Å². The van der Waals surface area contributed by atoms with Gasteiger partial charge in [-0.1, -0.05) is 170 Å². The molecule has 3 nitrogen and oxygen atoms in total. The molecule has 1 aliphatic carbocycles. The third-order valence-corrected chi connectivity index (χ3v) is 12.3. The van der Waals surface area contributed by atoms with Crippen LogP contribution >= 0.6 is 0 Å². The minimum Gasteiger partial charge on any atom is -0.455 e. The van der Waals surface area contributed by atoms with Crippen molar-refractivity contribution in [2.45, 2.75) is 5.41 Å². The Labute approximate surface area is 349 Å². The van der Waals surface area contributed by atoms with E-state index < -0.39 is 5.41 Å². The van der Waals surface area contributed by atoms with Crippen LogP contribution in [0.5, 0.6) is 11.5 Å². The van der Waals surface area contributed by atoms with Crippen LogP contribution in [-0.4, -0.2) is 0 Å². The van der Waals surface area contributed by atoms with E-state index in [4.69, 9.17) is 9.15 Å². The van der Waals surface area contributed by atoms with Gasteiger partial charge in [-0.05, 0) is 104 Å². The summed E-state index contributed by atoms with van der Waals surface area (Å²) in [7, 11) is 0. The zero-order valence-electron chi connectivity index (χ0n) is 32.6. The molecule has 2 aliphatic rings. The van der Waals surface area contributed by atoms with Crippen molar-refractivity contribution in [1.82, 2.24) is 0 Å². The molecule has 0 saturated heterocycles. The Kier molecular flexibility index (Phi) is 7.76. The van der Waals surface area contributed by atoms with E-state index in [1.807, 2.05) is 0 Å². The van der Waals surface area contributed by atoms with Crippen LogP contribution < -0.4 is 9.64 Å². The van der Waals surface area contributed by atoms with Crippen molar-refractivity contribution < 1.29 is 9.15 Å². The van der Waals surface area contributed by atoms with Crippen molar-refractivity contribution >= 4 is 28.0 Å². The number of fused-ring (bicyclic) bond motifs is 11. The van der Waals surface area contributed by atoms with Crippen molar-refractivity contribution in [3.63, 3.8) is 0 Å². The van der Waals surface area contributed by atoms with Gasteiger partial charge in [0.1, 0.15) is 16.7 Å². The molecular weight excluding hydrogens is 731 g/mol. The first-order valence-corrected chi connectivity index (χ1v) is 20.5. The number of hydrogen-bond acceptors (Lipinski definition) is 3. The zero-order valence-corrected chi connectivity index (χ0v) is 32.6. The second kappa shape index (κ2) is 13.6. The van der Waals surface area contributed by atoms with Gasteiger partial charge in [0.05, 0.1) is 5.39 Å². The van der Waals surface area contributed by atoms with E-state index in [-0.39, 0.29) is 0 Å². The first-order chi connectivity index (χ1) is 29.7. The molecule has 0 atom stereocenters. The molecule has 9 aromatic carbocycles. The number of benzene rings is 9. The third kappa shape index (κ3) is 5.23. The largest absolute Gasteiger partial charge is 0.455 e. The molecule has 0 radical (unpaired) electrons. The van der Waals surface area contributed by atoms with Crippen LogP contribution in [-0.2, 0) is 5.41 Å². The summed E-state index contributed by atoms with van der Waals surface area (Å²) < 4.78 is 14.2. The van der Waals surface area contributed by atoms with Gasteiger partial charge in [0, 0.05) is 28.7 Å². The fraction of sp³-hybridized carbons (Fsp3) is 0.0175. The predicted molar refractivity (Wildman–Crippen MR) is 245 cm³/mol. The fourth-order valence-corrected chi connectivity index (χ4v) is 9.63. The molecule has 0 fully saturated rings. The molecular formula is C57H37NO2. The molecule has 2 heterocycles. The Balaban J connectivity index is 1.09. The van der Waals surface area contributed by atoms with E-state index >= 15 is 0 Å². The van der Waals surface area contributed by atoms with E-state index in [1.165, 1.54) is 27.8 Å². The lowest BCUT2D eigenvalue weighted by molar-refractivity contribution is 0.389. The Morgan fingerprint density at radius 2 is 0.833 bits per heavy atom. The summed E-state index contributed by atoms with van der Waals surface area (Å²) in [5.74, 6) is 2.41. The van der Waals surface area contributed by atoms with Gasteiger partial charge in [0.15, 0.2) is 11.5 Å². The van der Waals surface area contributed by atoms with E-state index in [0.29, 0.717) is 0 Å². The molecule has 1 aliphatic heterocycles. The Hall–Kier alpha value is -7.88. The lowest BCUT2D eigenvalue weighted by Gasteiger charge is -2.36. The maximum Gasteiger partial charge on any atom is 0.178 e. The van der Waals surface area contributed by atoms with Gasteiger partial charge in [0.2, 0.25) is 0 Å². The number of anilines is 3. The van der Waals surface area contributed by atoms with E-state index in [9.17, 15) is 0 Å². The summed E-state index contributed by atoms with van der Waals surface area (Å²) in [4.78, 5) is 2.35. The van der Waals surface area contributed by atoms with Crippen LogP contribution in [0, 0.1) is 0 Å². The molecule has 0 unspecified atom stereocenters. The Bertz CT molecular complexity index is 3120. The van der Waals surface area contributed by atoms with Gasteiger partial charge in [-0.15, -0.1) is 0 Å². The van der Waals surface area contributed by atoms with Gasteiger partial charge >= 0.3 is 0 Å². The normalized spacial score (nSPS) is 12.9. The van der Waals surface area contributed by atoms with Gasteiger partial charge in [-0.3, -0.25) is 0 Å². The highest BCUT2D eigenvalue weighted by atomic mass is 16.5. The second-order valence-corrected chi connectivity index (χ2v) is 15.6. The molecule has 12 rings (SSSR count). The van der Waals surface area contributed by atoms with E-state index in [2.05, 4.69) is 229 Å². The minimum absolute atomic E-state index is 0.682. The first-order valence-electron chi connectivity index (χ1n) is 20.5. The molecule has 0 saturated carbocycles. The number of hydrogen-bond donors (Lipinski definition) is 0. The van der Waals surface area contributed by atoms with Crippen LogP contribution in [0.3, 0.4) is 0 Å². The Morgan fingerprint density at radius 1 is 0.350 bits per heavy atom. The SMILES string of the molecule is c1ccc(-c2ccc(N(c3cc(-c4ccccc4)cc(-c4ccccc4)c3)c3ccc4c5c(oc4c3)C3(c4ccccc4O5)c4ccccc4-c4ccccc43)cc2)cc1. The van der Waals surface area contributed by atoms with Crippen LogP contribution in [0.15, 0.2) is 229 Å². The molecule has 0 N–H and O–H groups in total. The van der Waals surface area contributed by atoms with Gasteiger partial charge in [-0.25, -0.2) is 0 Å². The summed E-state index contributed by atoms with van der Waals surface area (Å²) >= 11 is 0. The predicted octanol–water partition coefficient (Wildman–Crippen LogP) is 15.4. The average molecular weight is 768 g/mol. The van der Waals surface area contributed by atoms with E-state index in [0.717, 1.165) is 78.7 Å². The molecule has 3 heteroatoms. The minimum atomic E-state index is -0.682. The van der Waals surface area contributed by atoms with Crippen molar-refractivity contribution in [1.29, 1.82) is 0 Å². The smallest absolute Gasteiger partial charge is 0.178 e. The average Bonchev–Trinajstić information content (AvgIpc) is 3.84. The standard InChI is InChI=1S/C57H37NO2/c1-4-16-38(17-5-1)41-28-30-44(31-29-41)58(46-35-42(39-18-6-2-7-19-39)34-43(36-46)40-20-8-3-9-21-40)45-32-33-49-54(37-45)60-56-55(49)59-53-27-15-14-26-52(53)57(56)50-24-12-10-22-47(50)48-23-11-13-25-51(48)57/h1-37H. The summed E-state index contributed by atoms with van der Waals surface area (Å²) in [6.07, 6.45) is 0. The molecule has 10 aromatic rings. The molecule has 0 amide bonds. The lowest BCUT2D eigenvalue weighted by atomic mass is 9.69. The van der Waals surface area contributed by atoms with Crippen molar-refractivity contribution in [2.24, 2.45) is 0 Å². The highest BCUT2D eigenvalue weighted by molar-refractivity contribution is 5.96. The fourth-order valence-electron chi connectivity index (χ4n) is 9.63. The van der Waals surface area contributed by atoms with E-state index in [1.54, 1.807) is 0 Å². The highest BCUT2D eigenvalue weighted by Gasteiger charge is 2.54. The quantitative estimate of drug-likeness (QED) is 0.168. The highest BCUT2D eigenvalue weighted by Crippen LogP contribution is 2.63. The summed E-state index contributed by atoms with van der Waals surface area (Å²) in [5.41, 5.74) is 16.0. The molecule has 1 aromatic heterocycles. The topological polar surface area (TPSA) is 25.6 Å². The van der Waals surface area contributed by atoms with Crippen molar-refractivity contribution in [3.05, 3.63) is 247 Å². The van der Waals surface area contributed by atoms with Gasteiger partial charge in [0.25, 0.3) is 0 Å². The maximum atomic E-state index is 7.27. The van der Waals surface area contributed by atoms with Crippen molar-refractivity contribution in [2.75, 3.05) is 4.90 Å². The molecule has 60 heavy (non-hydrogen) atoms. The first kappa shape index (κ1) is 34.2. The number of para-hydroxylation sites is 1. The molecule has 282 valence electrons. The van der Waals surface area contributed by atoms with Crippen LogP contribution in [0.2, 0.25) is 0 Å². The maximum absolute atomic E-state index is 7.27. The monoisotopic (exact) mass is 767 g/mol. The van der Waals surface area contributed by atoms with Gasteiger partial charge < -0.3 is 14.1 Å². The summed E-state index contributed by atoms with van der Waals surface area (Å²) in [6.45, 7) is 0. The molecule has 1 spiro atoms. The summed E-state index contributed by atoms with van der Waals surface area (Å²) in [6, 6.07) is 80.1. The summed E-state index contributed by atoms with van der Waals surface area (Å²) in [5, 5.41) is 0.937. The third-order valence-electron chi connectivity index (χ3n) is 12.3. The molecule has 0 bridgehead atoms. The zero-order chi connectivity index (χ0) is 39.6. The van der Waals surface area contributed by atoms with Crippen molar-refractivity contribution in [3.8, 4) is 56.0 Å². The lowest BCUT2D eigenvalue weighted by Crippen LogP contribution is -2.31. The second-order valence-electron chi connectivity index (χ2n) is 15.6. The van der Waals surface area contributed by atoms with Crippen LogP contribution in [0.25, 0.3) is 55.5 Å². The Morgan fingerprint density at radius 3 is 1.43 bits per heavy atom. The number of furan rings is 1. The van der Waals surface area contributed by atoms with Gasteiger partial charge in [-0.2, -0.15) is 0 Å². The number of ether oxygens (including phenoxy) is 1. The number of rotatable bonds is 6.